The third kappa shape index (κ3) is 35.1. The van der Waals surface area contributed by atoms with Crippen LogP contribution >= 0.6 is 0 Å². The van der Waals surface area contributed by atoms with Gasteiger partial charge >= 0.3 is 5.97 Å². The van der Waals surface area contributed by atoms with E-state index in [9.17, 15) is 43.8 Å². The van der Waals surface area contributed by atoms with E-state index >= 15 is 0 Å². The molecule has 4 aromatic rings. The van der Waals surface area contributed by atoms with Gasteiger partial charge in [0, 0.05) is 107 Å². The molecule has 3 heterocycles. The first kappa shape index (κ1) is 80.8. The number of benzene rings is 2. The van der Waals surface area contributed by atoms with Gasteiger partial charge in [-0.2, -0.15) is 0 Å². The van der Waals surface area contributed by atoms with Crippen LogP contribution in [-0.2, 0) is 133 Å². The van der Waals surface area contributed by atoms with Crippen LogP contribution in [0.2, 0.25) is 0 Å². The normalized spacial score (nSPS) is 13.6. The van der Waals surface area contributed by atoms with Gasteiger partial charge < -0.3 is 84.0 Å². The third-order valence-electron chi connectivity index (χ3n) is 14.5. The Morgan fingerprint density at radius 1 is 0.408 bits per heavy atom. The van der Waals surface area contributed by atoms with Crippen LogP contribution in [0.5, 0.6) is 11.5 Å². The van der Waals surface area contributed by atoms with Crippen molar-refractivity contribution in [1.29, 1.82) is 0 Å². The zero-order valence-electron chi connectivity index (χ0n) is 56.8. The second kappa shape index (κ2) is 48.8. The van der Waals surface area contributed by atoms with Crippen LogP contribution in [0.4, 0.5) is 0 Å². The molecule has 0 spiro atoms. The van der Waals surface area contributed by atoms with Crippen LogP contribution in [0.3, 0.4) is 0 Å². The molecule has 0 unspecified atom stereocenters. The maximum atomic E-state index is 13.9. The molecule has 0 saturated carbocycles. The Hall–Kier alpha value is -7.85. The average molecular weight is 1380 g/mol. The van der Waals surface area contributed by atoms with Crippen LogP contribution in [-0.4, -0.2) is 259 Å². The highest BCUT2D eigenvalue weighted by Gasteiger charge is 2.24. The van der Waals surface area contributed by atoms with Gasteiger partial charge in [0.15, 0.2) is 0 Å². The van der Waals surface area contributed by atoms with Crippen molar-refractivity contribution in [3.8, 4) is 11.5 Å². The molecule has 98 heavy (non-hydrogen) atoms. The highest BCUT2D eigenvalue weighted by molar-refractivity contribution is 5.79. The number of pyridine rings is 2. The van der Waals surface area contributed by atoms with Gasteiger partial charge in [-0.15, -0.1) is 0 Å². The highest BCUT2D eigenvalue weighted by atomic mass is 16.6. The fourth-order valence-electron chi connectivity index (χ4n) is 10.3. The van der Waals surface area contributed by atoms with Crippen molar-refractivity contribution in [2.24, 2.45) is 0 Å². The standard InChI is InChI=1S/C68H100N10O20/c1-4-16-89-22-24-91-18-12-69-62(81)46-75-38-54-34-52(2)36-56(67(54)87)40-77(48-64(83)71-14-20-93-26-28-95-30-32-97-50-79)44-60-9-6-10-61(74-60)45-78(49-65(84)72-15-21-94-27-29-96-31-33-98-51-80)41-57-37-53(3)35-55(68(57)88)39-76(43-59-8-5-7-58(42-75)73-59)47-63(82)70-13-19-92-25-23-90-17-11-66(85)86/h5-10,34-37,50-51,87-88H,4,11-33,38-49H2,1-3H3,(H,69,81)(H,70,82)(H,71,83)(H,72,84)(H,85,86). The smallest absolute Gasteiger partial charge is 0.305 e. The number of carboxylic acids is 1. The fourth-order valence-corrected chi connectivity index (χ4v) is 10.3. The summed E-state index contributed by atoms with van der Waals surface area (Å²) in [5.74, 6) is -2.35. The SMILES string of the molecule is CCCOCCOCCNC(=O)CN1Cc2cccc(n2)CN(CC(=O)NCCOCCOCCC(=O)O)Cc2cc(C)cc(c2O)CN(CC(=O)NCCOCCOCCOC=O)Cc2cccc(n2)CN(CC(=O)NCCOCCOCCOC=O)Cc2cc(C)cc(c2O)C1. The van der Waals surface area contributed by atoms with E-state index in [0.717, 1.165) is 17.5 Å². The molecule has 0 saturated heterocycles. The van der Waals surface area contributed by atoms with Gasteiger partial charge in [0.2, 0.25) is 23.6 Å². The van der Waals surface area contributed by atoms with Crippen LogP contribution in [0, 0.1) is 13.8 Å². The lowest BCUT2D eigenvalue weighted by atomic mass is 10.0. The molecule has 1 aliphatic rings. The minimum atomic E-state index is -0.967. The first-order valence-corrected chi connectivity index (χ1v) is 33.0. The Balaban J connectivity index is 1.50. The molecule has 0 radical (unpaired) electrons. The van der Waals surface area contributed by atoms with Gasteiger partial charge in [-0.1, -0.05) is 54.4 Å². The Kier molecular flexibility index (Phi) is 40.2. The highest BCUT2D eigenvalue weighted by Crippen LogP contribution is 2.30. The van der Waals surface area contributed by atoms with E-state index in [-0.39, 0.29) is 245 Å². The largest absolute Gasteiger partial charge is 0.507 e. The Bertz CT molecular complexity index is 3020. The summed E-state index contributed by atoms with van der Waals surface area (Å²) in [7, 11) is 0. The minimum absolute atomic E-state index is 0.0343. The van der Waals surface area contributed by atoms with E-state index in [0.29, 0.717) is 77.8 Å². The van der Waals surface area contributed by atoms with E-state index in [4.69, 9.17) is 53.0 Å². The van der Waals surface area contributed by atoms with E-state index < -0.39 is 5.97 Å². The number of rotatable bonds is 45. The number of phenols is 2. The number of aromatic nitrogens is 2. The number of hydrogen-bond donors (Lipinski definition) is 7. The molecule has 30 heteroatoms. The molecule has 5 rings (SSSR count). The summed E-state index contributed by atoms with van der Waals surface area (Å²) in [5, 5.41) is 45.3. The summed E-state index contributed by atoms with van der Waals surface area (Å²) < 4.78 is 53.5. The molecule has 2 aromatic heterocycles. The van der Waals surface area contributed by atoms with Crippen LogP contribution in [0.25, 0.3) is 0 Å². The number of fused-ring (bicyclic) bond motifs is 8. The fraction of sp³-hybridized carbons (Fsp3) is 0.574. The third-order valence-corrected chi connectivity index (χ3v) is 14.5. The molecule has 0 aliphatic carbocycles. The second-order valence-electron chi connectivity index (χ2n) is 23.1. The number of hydrogen-bond acceptors (Lipinski definition) is 25. The Morgan fingerprint density at radius 2 is 0.673 bits per heavy atom. The number of ether oxygens (including phenoxy) is 10. The number of amides is 4. The minimum Gasteiger partial charge on any atom is -0.507 e. The van der Waals surface area contributed by atoms with E-state index in [1.165, 1.54) is 0 Å². The number of nitrogens with zero attached hydrogens (tertiary/aromatic N) is 6. The van der Waals surface area contributed by atoms with Gasteiger partial charge in [-0.3, -0.25) is 63.1 Å². The molecular formula is C68H100N10O20. The molecule has 542 valence electrons. The number of aromatic hydroxyl groups is 2. The van der Waals surface area contributed by atoms with Crippen LogP contribution in [0.1, 0.15) is 75.9 Å². The average Bonchev–Trinajstić information content (AvgIpc) is 0.843. The van der Waals surface area contributed by atoms with Gasteiger partial charge in [-0.25, -0.2) is 0 Å². The van der Waals surface area contributed by atoms with Crippen molar-refractivity contribution >= 4 is 42.5 Å². The maximum absolute atomic E-state index is 13.9. The van der Waals surface area contributed by atoms with Crippen LogP contribution < -0.4 is 21.3 Å². The molecular weight excluding hydrogens is 1280 g/mol. The molecule has 2 aromatic carbocycles. The van der Waals surface area contributed by atoms with Crippen molar-refractivity contribution in [2.75, 3.05) is 171 Å². The molecule has 0 atom stereocenters. The zero-order chi connectivity index (χ0) is 70.4. The predicted molar refractivity (Wildman–Crippen MR) is 356 cm³/mol. The second-order valence-corrected chi connectivity index (χ2v) is 23.1. The monoisotopic (exact) mass is 1380 g/mol. The molecule has 4 amide bonds. The molecule has 0 fully saturated rings. The van der Waals surface area contributed by atoms with Crippen molar-refractivity contribution in [3.05, 3.63) is 117 Å². The number of carbonyl (C=O) groups is 7. The topological polar surface area (TPSA) is 359 Å². The molecule has 8 bridgehead atoms. The number of carboxylic acid groups (broad SMARTS) is 1. The molecule has 1 aliphatic heterocycles. The Labute approximate surface area is 573 Å². The quantitative estimate of drug-likeness (QED) is 0.0244. The number of nitrogens with one attached hydrogen (secondary N) is 4. The van der Waals surface area contributed by atoms with Gasteiger partial charge in [0.25, 0.3) is 12.9 Å². The van der Waals surface area contributed by atoms with Crippen molar-refractivity contribution < 1.29 is 96.2 Å². The summed E-state index contributed by atoms with van der Waals surface area (Å²) in [6.45, 7) is 12.0. The predicted octanol–water partition coefficient (Wildman–Crippen LogP) is 1.66. The summed E-state index contributed by atoms with van der Waals surface area (Å²) in [5.41, 5.74) is 5.91. The number of phenolic OH excluding ortho intramolecular Hbond substituents is 2. The number of carbonyl (C=O) groups excluding carboxylic acids is 6. The van der Waals surface area contributed by atoms with Crippen molar-refractivity contribution in [3.63, 3.8) is 0 Å². The molecule has 30 nitrogen and oxygen atoms in total. The number of aliphatic carboxylic acids is 1. The first-order chi connectivity index (χ1) is 47.6. The zero-order valence-corrected chi connectivity index (χ0v) is 56.8. The lowest BCUT2D eigenvalue weighted by Crippen LogP contribution is -2.39. The molecule has 7 N–H and O–H groups in total. The van der Waals surface area contributed by atoms with Crippen molar-refractivity contribution in [1.82, 2.24) is 50.8 Å². The Morgan fingerprint density at radius 3 is 0.949 bits per heavy atom. The summed E-state index contributed by atoms with van der Waals surface area (Å²) in [4.78, 5) is 105. The summed E-state index contributed by atoms with van der Waals surface area (Å²) in [6.07, 6.45) is 0.760. The van der Waals surface area contributed by atoms with E-state index in [2.05, 4.69) is 30.7 Å². The van der Waals surface area contributed by atoms with Gasteiger partial charge in [0.05, 0.1) is 154 Å². The first-order valence-electron chi connectivity index (χ1n) is 33.0. The lowest BCUT2D eigenvalue weighted by molar-refractivity contribution is -0.138. The van der Waals surface area contributed by atoms with Gasteiger partial charge in [0.1, 0.15) is 24.7 Å². The number of aryl methyl sites for hydroxylation is 2. The summed E-state index contributed by atoms with van der Waals surface area (Å²) in [6, 6.07) is 18.4. The van der Waals surface area contributed by atoms with Crippen LogP contribution in [0.15, 0.2) is 60.7 Å². The van der Waals surface area contributed by atoms with E-state index in [1.54, 1.807) is 0 Å². The summed E-state index contributed by atoms with van der Waals surface area (Å²) >= 11 is 0. The maximum Gasteiger partial charge on any atom is 0.305 e. The van der Waals surface area contributed by atoms with E-state index in [1.807, 2.05) is 101 Å². The van der Waals surface area contributed by atoms with Crippen molar-refractivity contribution in [2.45, 2.75) is 86.0 Å². The lowest BCUT2D eigenvalue weighted by Gasteiger charge is -2.27. The van der Waals surface area contributed by atoms with Gasteiger partial charge in [-0.05, 0) is 44.5 Å².